The first-order valence-corrected chi connectivity index (χ1v) is 6.34. The van der Waals surface area contributed by atoms with Gasteiger partial charge in [0.25, 0.3) is 11.1 Å². The molecule has 1 heterocycles. The molecule has 0 aliphatic rings. The van der Waals surface area contributed by atoms with Gasteiger partial charge in [-0.05, 0) is 20.8 Å². The second-order valence-electron chi connectivity index (χ2n) is 4.43. The topological polar surface area (TPSA) is 98.2 Å². The Balaban J connectivity index is 2.75. The summed E-state index contributed by atoms with van der Waals surface area (Å²) < 4.78 is 5.67. The van der Waals surface area contributed by atoms with Crippen LogP contribution in [0.1, 0.15) is 30.9 Å². The van der Waals surface area contributed by atoms with Crippen LogP contribution < -0.4 is 11.1 Å². The fraction of sp³-hybridized carbons (Fsp3) is 0.538. The maximum atomic E-state index is 11.9. The number of ether oxygens (including phenoxy) is 1. The van der Waals surface area contributed by atoms with Gasteiger partial charge in [-0.15, -0.1) is 0 Å². The Bertz CT molecular complexity index is 627. The van der Waals surface area contributed by atoms with Gasteiger partial charge in [0, 0.05) is 17.5 Å². The molecule has 110 valence electrons. The van der Waals surface area contributed by atoms with Crippen molar-refractivity contribution in [3.05, 3.63) is 31.8 Å². The monoisotopic (exact) mass is 282 g/mol. The summed E-state index contributed by atoms with van der Waals surface area (Å²) in [6, 6.07) is 0. The highest BCUT2D eigenvalue weighted by Gasteiger charge is 2.12. The van der Waals surface area contributed by atoms with E-state index in [0.29, 0.717) is 11.1 Å². The number of nitrogens with zero attached hydrogens (tertiary/aromatic N) is 1. The molecule has 0 amide bonds. The van der Waals surface area contributed by atoms with Crippen LogP contribution in [0.15, 0.2) is 9.59 Å². The molecule has 0 aliphatic heterocycles. The highest BCUT2D eigenvalue weighted by Crippen LogP contribution is 1.97. The summed E-state index contributed by atoms with van der Waals surface area (Å²) in [5, 5.41) is 2.34. The molecule has 7 nitrogen and oxygen atoms in total. The molecular weight excluding hydrogens is 264 g/mol. The molecule has 0 spiro atoms. The number of esters is 1. The molecule has 1 aromatic rings. The molecule has 0 aliphatic carbocycles. The zero-order valence-electron chi connectivity index (χ0n) is 11.8. The number of Topliss-reactive ketones (excluding diaryl/α,β-unsaturated/α-hetero) is 1. The van der Waals surface area contributed by atoms with Crippen molar-refractivity contribution in [2.45, 2.75) is 40.2 Å². The van der Waals surface area contributed by atoms with Crippen LogP contribution in [-0.2, 0) is 20.9 Å². The number of aromatic amines is 1. The van der Waals surface area contributed by atoms with Crippen molar-refractivity contribution in [2.24, 2.45) is 0 Å². The van der Waals surface area contributed by atoms with Crippen LogP contribution in [0, 0.1) is 13.8 Å². The Kier molecular flexibility index (Phi) is 5.42. The van der Waals surface area contributed by atoms with Crippen LogP contribution >= 0.6 is 0 Å². The van der Waals surface area contributed by atoms with Gasteiger partial charge in [-0.2, -0.15) is 0 Å². The van der Waals surface area contributed by atoms with Crippen LogP contribution in [0.3, 0.4) is 0 Å². The van der Waals surface area contributed by atoms with E-state index < -0.39 is 17.1 Å². The van der Waals surface area contributed by atoms with Crippen LogP contribution in [0.2, 0.25) is 0 Å². The third-order valence-corrected chi connectivity index (χ3v) is 2.95. The predicted octanol–water partition coefficient (Wildman–Crippen LogP) is 0.0658. The number of carbonyl (C=O) groups excluding carboxylic acids is 2. The van der Waals surface area contributed by atoms with Gasteiger partial charge in [-0.1, -0.05) is 0 Å². The van der Waals surface area contributed by atoms with Crippen molar-refractivity contribution < 1.29 is 14.3 Å². The fourth-order valence-corrected chi connectivity index (χ4v) is 1.63. The number of aromatic nitrogens is 2. The molecule has 0 unspecified atom stereocenters. The lowest BCUT2D eigenvalue weighted by Crippen LogP contribution is -2.35. The molecule has 7 heteroatoms. The molecule has 20 heavy (non-hydrogen) atoms. The van der Waals surface area contributed by atoms with Crippen LogP contribution in [0.4, 0.5) is 0 Å². The summed E-state index contributed by atoms with van der Waals surface area (Å²) in [7, 11) is 0. The number of carbonyl (C=O) groups is 2. The maximum Gasteiger partial charge on any atom is 0.306 e. The number of hydrogen-bond acceptors (Lipinski definition) is 5. The number of rotatable bonds is 6. The summed E-state index contributed by atoms with van der Waals surface area (Å²) in [6.07, 6.45) is -0.0588. The van der Waals surface area contributed by atoms with Gasteiger partial charge in [0.1, 0.15) is 6.54 Å². The Hall–Kier alpha value is -2.18. The predicted molar refractivity (Wildman–Crippen MR) is 71.7 cm³/mol. The average Bonchev–Trinajstić information content (AvgIpc) is 2.40. The van der Waals surface area contributed by atoms with Crippen LogP contribution in [0.25, 0.3) is 0 Å². The van der Waals surface area contributed by atoms with E-state index in [1.807, 2.05) is 0 Å². The Morgan fingerprint density at radius 3 is 2.40 bits per heavy atom. The minimum atomic E-state index is -0.457. The smallest absolute Gasteiger partial charge is 0.306 e. The van der Waals surface area contributed by atoms with E-state index in [2.05, 4.69) is 5.10 Å². The van der Waals surface area contributed by atoms with Gasteiger partial charge in [-0.25, -0.2) is 4.68 Å². The molecule has 0 atom stereocenters. The second kappa shape index (κ2) is 6.83. The van der Waals surface area contributed by atoms with E-state index in [1.165, 1.54) is 6.92 Å². The van der Waals surface area contributed by atoms with Gasteiger partial charge in [0.2, 0.25) is 0 Å². The van der Waals surface area contributed by atoms with Crippen molar-refractivity contribution >= 4 is 11.8 Å². The SMILES string of the molecule is CCOC(=O)CCC(=O)Cn1[nH]c(=O)c(C)c(C)c1=O. The first-order valence-electron chi connectivity index (χ1n) is 6.34. The third kappa shape index (κ3) is 3.91. The van der Waals surface area contributed by atoms with Crippen molar-refractivity contribution in [1.29, 1.82) is 0 Å². The summed E-state index contributed by atoms with van der Waals surface area (Å²) in [4.78, 5) is 46.2. The number of nitrogens with one attached hydrogen (secondary N) is 1. The molecule has 0 bridgehead atoms. The van der Waals surface area contributed by atoms with Crippen LogP contribution in [0.5, 0.6) is 0 Å². The standard InChI is InChI=1S/C13H18N2O5/c1-4-20-11(17)6-5-10(16)7-15-13(19)9(3)8(2)12(18)14-15/h4-7H2,1-3H3,(H,14,18). The lowest BCUT2D eigenvalue weighted by molar-refractivity contribution is -0.144. The lowest BCUT2D eigenvalue weighted by Gasteiger charge is -2.07. The summed E-state index contributed by atoms with van der Waals surface area (Å²) in [6.45, 7) is 4.76. The molecule has 0 fully saturated rings. The lowest BCUT2D eigenvalue weighted by atomic mass is 10.2. The Labute approximate surface area is 115 Å². The van der Waals surface area contributed by atoms with Crippen molar-refractivity contribution in [3.63, 3.8) is 0 Å². The zero-order valence-corrected chi connectivity index (χ0v) is 11.8. The summed E-state index contributed by atoms with van der Waals surface area (Å²) in [5.74, 6) is -0.777. The van der Waals surface area contributed by atoms with Crippen LogP contribution in [-0.4, -0.2) is 28.1 Å². The molecule has 0 saturated heterocycles. The average molecular weight is 282 g/mol. The highest BCUT2D eigenvalue weighted by atomic mass is 16.5. The summed E-state index contributed by atoms with van der Waals surface area (Å²) in [5.41, 5.74) is -0.163. The fourth-order valence-electron chi connectivity index (χ4n) is 1.63. The Morgan fingerprint density at radius 1 is 1.15 bits per heavy atom. The normalized spacial score (nSPS) is 10.3. The highest BCUT2D eigenvalue weighted by molar-refractivity contribution is 5.82. The minimum Gasteiger partial charge on any atom is -0.466 e. The molecule has 0 saturated carbocycles. The molecule has 1 rings (SSSR count). The second-order valence-corrected chi connectivity index (χ2v) is 4.43. The third-order valence-electron chi connectivity index (χ3n) is 2.95. The zero-order chi connectivity index (χ0) is 15.3. The van der Waals surface area contributed by atoms with Crippen molar-refractivity contribution in [3.8, 4) is 0 Å². The molecule has 0 aromatic carbocycles. The van der Waals surface area contributed by atoms with E-state index in [-0.39, 0.29) is 31.8 Å². The molecule has 1 aromatic heterocycles. The van der Waals surface area contributed by atoms with Gasteiger partial charge in [-0.3, -0.25) is 24.3 Å². The Morgan fingerprint density at radius 2 is 1.80 bits per heavy atom. The summed E-state index contributed by atoms with van der Waals surface area (Å²) >= 11 is 0. The van der Waals surface area contributed by atoms with E-state index in [4.69, 9.17) is 4.74 Å². The van der Waals surface area contributed by atoms with Gasteiger partial charge in [0.05, 0.1) is 13.0 Å². The molecule has 1 N–H and O–H groups in total. The van der Waals surface area contributed by atoms with E-state index in [0.717, 1.165) is 4.68 Å². The quantitative estimate of drug-likeness (QED) is 0.744. The first-order chi connectivity index (χ1) is 9.36. The van der Waals surface area contributed by atoms with E-state index in [1.54, 1.807) is 13.8 Å². The van der Waals surface area contributed by atoms with Gasteiger partial charge in [0.15, 0.2) is 5.78 Å². The van der Waals surface area contributed by atoms with Gasteiger partial charge >= 0.3 is 5.97 Å². The number of ketones is 1. The van der Waals surface area contributed by atoms with Crippen molar-refractivity contribution in [1.82, 2.24) is 9.78 Å². The first kappa shape index (κ1) is 15.9. The van der Waals surface area contributed by atoms with E-state index in [9.17, 15) is 19.2 Å². The minimum absolute atomic E-state index is 0.0276. The van der Waals surface area contributed by atoms with Gasteiger partial charge < -0.3 is 4.74 Å². The molecule has 0 radical (unpaired) electrons. The number of hydrogen-bond donors (Lipinski definition) is 1. The maximum absolute atomic E-state index is 11.9. The molecular formula is C13H18N2O5. The van der Waals surface area contributed by atoms with Crippen molar-refractivity contribution in [2.75, 3.05) is 6.61 Å². The number of H-pyrrole nitrogens is 1. The van der Waals surface area contributed by atoms with E-state index >= 15 is 0 Å². The largest absolute Gasteiger partial charge is 0.466 e.